The number of benzene rings is 1. The number of fused-ring (bicyclic) bond motifs is 1. The molecule has 1 aromatic carbocycles. The van der Waals surface area contributed by atoms with Crippen molar-refractivity contribution >= 4 is 34.0 Å². The normalized spacial score (nSPS) is 10.6. The van der Waals surface area contributed by atoms with E-state index in [9.17, 15) is 0 Å². The van der Waals surface area contributed by atoms with E-state index >= 15 is 0 Å². The molecule has 0 fully saturated rings. The number of para-hydroxylation sites is 1. The van der Waals surface area contributed by atoms with E-state index in [1.165, 1.54) is 5.56 Å². The molecule has 3 N–H and O–H groups in total. The maximum absolute atomic E-state index is 5.80. The summed E-state index contributed by atoms with van der Waals surface area (Å²) < 4.78 is 5.80. The zero-order valence-electron chi connectivity index (χ0n) is 9.33. The van der Waals surface area contributed by atoms with Gasteiger partial charge in [0.15, 0.2) is 10.7 Å². The summed E-state index contributed by atoms with van der Waals surface area (Å²) in [5.74, 6) is 1.01. The van der Waals surface area contributed by atoms with Gasteiger partial charge in [0, 0.05) is 11.8 Å². The van der Waals surface area contributed by atoms with Gasteiger partial charge in [-0.1, -0.05) is 19.1 Å². The molecule has 84 valence electrons. The van der Waals surface area contributed by atoms with Crippen LogP contribution in [0.15, 0.2) is 22.6 Å². The highest BCUT2D eigenvalue weighted by atomic mass is 32.1. The maximum atomic E-state index is 5.80. The molecule has 16 heavy (non-hydrogen) atoms. The van der Waals surface area contributed by atoms with E-state index in [0.717, 1.165) is 28.8 Å². The molecule has 0 saturated carbocycles. The lowest BCUT2D eigenvalue weighted by Gasteiger charge is -2.03. The summed E-state index contributed by atoms with van der Waals surface area (Å²) in [5, 5.41) is 4.29. The van der Waals surface area contributed by atoms with E-state index in [1.54, 1.807) is 0 Å². The summed E-state index contributed by atoms with van der Waals surface area (Å²) in [4.78, 5) is 0. The summed E-state index contributed by atoms with van der Waals surface area (Å²) >= 11 is 4.83. The molecule has 4 heteroatoms. The van der Waals surface area contributed by atoms with Crippen LogP contribution in [-0.4, -0.2) is 5.11 Å². The molecule has 0 atom stereocenters. The second-order valence-electron chi connectivity index (χ2n) is 3.68. The van der Waals surface area contributed by atoms with Crippen molar-refractivity contribution in [1.82, 2.24) is 0 Å². The van der Waals surface area contributed by atoms with E-state index < -0.39 is 0 Å². The first kappa shape index (κ1) is 11.0. The minimum absolute atomic E-state index is 0.250. The van der Waals surface area contributed by atoms with Crippen LogP contribution in [0, 0.1) is 6.92 Å². The van der Waals surface area contributed by atoms with Crippen molar-refractivity contribution in [3.63, 3.8) is 0 Å². The van der Waals surface area contributed by atoms with E-state index in [-0.39, 0.29) is 5.11 Å². The Balaban J connectivity index is 2.63. The monoisotopic (exact) mass is 234 g/mol. The molecule has 0 bridgehead atoms. The lowest BCUT2D eigenvalue weighted by atomic mass is 10.1. The molecule has 3 nitrogen and oxygen atoms in total. The molecule has 0 aliphatic rings. The average molecular weight is 234 g/mol. The second kappa shape index (κ2) is 4.14. The fourth-order valence-corrected chi connectivity index (χ4v) is 1.97. The minimum Gasteiger partial charge on any atom is -0.459 e. The predicted octanol–water partition coefficient (Wildman–Crippen LogP) is 2.96. The average Bonchev–Trinajstić information content (AvgIpc) is 2.56. The lowest BCUT2D eigenvalue weighted by molar-refractivity contribution is 0.554. The SMILES string of the molecule is CCc1oc2c(NC(N)=S)cccc2c1C. The van der Waals surface area contributed by atoms with Gasteiger partial charge in [0.05, 0.1) is 5.69 Å². The number of furan rings is 1. The Morgan fingerprint density at radius 1 is 1.50 bits per heavy atom. The molecule has 0 saturated heterocycles. The smallest absolute Gasteiger partial charge is 0.168 e. The predicted molar refractivity (Wildman–Crippen MR) is 70.7 cm³/mol. The van der Waals surface area contributed by atoms with Gasteiger partial charge in [0.25, 0.3) is 0 Å². The van der Waals surface area contributed by atoms with Crippen molar-refractivity contribution < 1.29 is 4.42 Å². The van der Waals surface area contributed by atoms with E-state index in [1.807, 2.05) is 18.2 Å². The highest BCUT2D eigenvalue weighted by Gasteiger charge is 2.11. The van der Waals surface area contributed by atoms with Crippen molar-refractivity contribution in [1.29, 1.82) is 0 Å². The maximum Gasteiger partial charge on any atom is 0.168 e. The Kier molecular flexibility index (Phi) is 2.83. The standard InChI is InChI=1S/C12H14N2OS/c1-3-10-7(2)8-5-4-6-9(11(8)15-10)14-12(13)16/h4-6H,3H2,1-2H3,(H3,13,14,16). The number of hydrogen-bond donors (Lipinski definition) is 2. The highest BCUT2D eigenvalue weighted by molar-refractivity contribution is 7.80. The van der Waals surface area contributed by atoms with Gasteiger partial charge < -0.3 is 15.5 Å². The summed E-state index contributed by atoms with van der Waals surface area (Å²) in [7, 11) is 0. The van der Waals surface area contributed by atoms with Crippen LogP contribution >= 0.6 is 12.2 Å². The molecule has 2 aromatic rings. The number of anilines is 1. The zero-order chi connectivity index (χ0) is 11.7. The Hall–Kier alpha value is -1.55. The Bertz CT molecular complexity index is 545. The molecule has 0 spiro atoms. The third-order valence-electron chi connectivity index (χ3n) is 2.64. The van der Waals surface area contributed by atoms with Gasteiger partial charge in [-0.3, -0.25) is 0 Å². The second-order valence-corrected chi connectivity index (χ2v) is 4.12. The van der Waals surface area contributed by atoms with Gasteiger partial charge in [-0.15, -0.1) is 0 Å². The molecule has 2 rings (SSSR count). The molecular weight excluding hydrogens is 220 g/mol. The molecule has 0 aliphatic carbocycles. The largest absolute Gasteiger partial charge is 0.459 e. The van der Waals surface area contributed by atoms with Crippen LogP contribution in [0.5, 0.6) is 0 Å². The summed E-state index contributed by atoms with van der Waals surface area (Å²) in [6, 6.07) is 5.91. The lowest BCUT2D eigenvalue weighted by Crippen LogP contribution is -2.18. The van der Waals surface area contributed by atoms with Crippen LogP contribution in [0.4, 0.5) is 5.69 Å². The van der Waals surface area contributed by atoms with Crippen LogP contribution in [0.1, 0.15) is 18.2 Å². The van der Waals surface area contributed by atoms with Crippen molar-refractivity contribution in [2.24, 2.45) is 5.73 Å². The van der Waals surface area contributed by atoms with Gasteiger partial charge in [-0.2, -0.15) is 0 Å². The minimum atomic E-state index is 0.250. The highest BCUT2D eigenvalue weighted by Crippen LogP contribution is 2.30. The van der Waals surface area contributed by atoms with Crippen molar-refractivity contribution in [3.8, 4) is 0 Å². The molecule has 0 unspecified atom stereocenters. The molecule has 1 heterocycles. The summed E-state index contributed by atoms with van der Waals surface area (Å²) in [6.45, 7) is 4.14. The molecule has 1 aromatic heterocycles. The van der Waals surface area contributed by atoms with Crippen LogP contribution in [0.2, 0.25) is 0 Å². The van der Waals surface area contributed by atoms with E-state index in [4.69, 9.17) is 22.4 Å². The fourth-order valence-electron chi connectivity index (χ4n) is 1.86. The van der Waals surface area contributed by atoms with Crippen molar-refractivity contribution in [2.75, 3.05) is 5.32 Å². The number of nitrogens with one attached hydrogen (secondary N) is 1. The molecular formula is C12H14N2OS. The van der Waals surface area contributed by atoms with Crippen LogP contribution in [-0.2, 0) is 6.42 Å². The quantitative estimate of drug-likeness (QED) is 0.784. The van der Waals surface area contributed by atoms with Crippen molar-refractivity contribution in [3.05, 3.63) is 29.5 Å². The van der Waals surface area contributed by atoms with E-state index in [0.29, 0.717) is 0 Å². The van der Waals surface area contributed by atoms with Gasteiger partial charge in [-0.25, -0.2) is 0 Å². The van der Waals surface area contributed by atoms with Gasteiger partial charge >= 0.3 is 0 Å². The summed E-state index contributed by atoms with van der Waals surface area (Å²) in [5.41, 5.74) is 8.31. The number of rotatable bonds is 2. The molecule has 0 radical (unpaired) electrons. The first-order valence-electron chi connectivity index (χ1n) is 5.21. The van der Waals surface area contributed by atoms with Gasteiger partial charge in [0.1, 0.15) is 5.76 Å². The fraction of sp³-hybridized carbons (Fsp3) is 0.250. The number of nitrogens with two attached hydrogens (primary N) is 1. The number of thiocarbonyl (C=S) groups is 1. The van der Waals surface area contributed by atoms with Crippen molar-refractivity contribution in [2.45, 2.75) is 20.3 Å². The third-order valence-corrected chi connectivity index (χ3v) is 2.74. The Morgan fingerprint density at radius 2 is 2.25 bits per heavy atom. The Labute approximate surface area is 99.6 Å². The molecule has 0 amide bonds. The number of aryl methyl sites for hydroxylation is 2. The van der Waals surface area contributed by atoms with Crippen LogP contribution in [0.3, 0.4) is 0 Å². The van der Waals surface area contributed by atoms with Gasteiger partial charge in [0.2, 0.25) is 0 Å². The first-order chi connectivity index (χ1) is 7.63. The molecule has 0 aliphatic heterocycles. The Morgan fingerprint density at radius 3 is 2.88 bits per heavy atom. The van der Waals surface area contributed by atoms with Crippen LogP contribution in [0.25, 0.3) is 11.0 Å². The summed E-state index contributed by atoms with van der Waals surface area (Å²) in [6.07, 6.45) is 0.882. The zero-order valence-corrected chi connectivity index (χ0v) is 10.1. The number of hydrogen-bond acceptors (Lipinski definition) is 2. The van der Waals surface area contributed by atoms with Gasteiger partial charge in [-0.05, 0) is 30.8 Å². The van der Waals surface area contributed by atoms with Crippen LogP contribution < -0.4 is 11.1 Å². The topological polar surface area (TPSA) is 51.2 Å². The first-order valence-corrected chi connectivity index (χ1v) is 5.61. The third kappa shape index (κ3) is 1.76. The van der Waals surface area contributed by atoms with E-state index in [2.05, 4.69) is 19.2 Å².